The Labute approximate surface area is 117 Å². The van der Waals surface area contributed by atoms with Crippen molar-refractivity contribution in [3.05, 3.63) is 58.3 Å². The van der Waals surface area contributed by atoms with Crippen LogP contribution in [0.2, 0.25) is 0 Å². The Balaban J connectivity index is 1.57. The summed E-state index contributed by atoms with van der Waals surface area (Å²) < 4.78 is 0. The molecule has 0 unspecified atom stereocenters. The summed E-state index contributed by atoms with van der Waals surface area (Å²) in [6, 6.07) is 13.9. The van der Waals surface area contributed by atoms with Crippen LogP contribution in [-0.4, -0.2) is 5.91 Å². The van der Waals surface area contributed by atoms with E-state index in [0.29, 0.717) is 13.0 Å². The van der Waals surface area contributed by atoms with Crippen molar-refractivity contribution in [3.63, 3.8) is 0 Å². The number of aryl methyl sites for hydroxylation is 1. The molecule has 0 saturated heterocycles. The van der Waals surface area contributed by atoms with Gasteiger partial charge in [-0.05, 0) is 29.9 Å². The summed E-state index contributed by atoms with van der Waals surface area (Å²) in [7, 11) is 0. The van der Waals surface area contributed by atoms with Crippen molar-refractivity contribution in [1.29, 1.82) is 0 Å². The minimum atomic E-state index is -0.0625. The smallest absolute Gasteiger partial charge is 0.243 e. The molecule has 0 atom stereocenters. The Bertz CT molecular complexity index is 482. The van der Waals surface area contributed by atoms with Gasteiger partial charge in [-0.3, -0.25) is 9.63 Å². The fourth-order valence-electron chi connectivity index (χ4n) is 1.70. The first-order chi connectivity index (χ1) is 9.34. The van der Waals surface area contributed by atoms with E-state index in [1.54, 1.807) is 11.3 Å². The first-order valence-corrected chi connectivity index (χ1v) is 7.19. The van der Waals surface area contributed by atoms with Crippen LogP contribution >= 0.6 is 11.3 Å². The predicted octanol–water partition coefficient (Wildman–Crippen LogP) is 3.32. The Morgan fingerprint density at radius 1 is 1.16 bits per heavy atom. The number of hydrogen-bond acceptors (Lipinski definition) is 3. The molecule has 0 radical (unpaired) electrons. The van der Waals surface area contributed by atoms with Crippen LogP contribution in [0.25, 0.3) is 0 Å². The maximum atomic E-state index is 11.5. The quantitative estimate of drug-likeness (QED) is 0.787. The molecule has 1 amide bonds. The van der Waals surface area contributed by atoms with Gasteiger partial charge in [-0.25, -0.2) is 5.48 Å². The molecule has 0 fully saturated rings. The van der Waals surface area contributed by atoms with Gasteiger partial charge in [0.15, 0.2) is 0 Å². The fraction of sp³-hybridized carbons (Fsp3) is 0.267. The van der Waals surface area contributed by atoms with Gasteiger partial charge < -0.3 is 0 Å². The molecule has 1 aromatic carbocycles. The lowest BCUT2D eigenvalue weighted by Crippen LogP contribution is -2.23. The molecular weight excluding hydrogens is 258 g/mol. The van der Waals surface area contributed by atoms with E-state index in [2.05, 4.69) is 16.9 Å². The van der Waals surface area contributed by atoms with Crippen LogP contribution in [0.5, 0.6) is 0 Å². The zero-order chi connectivity index (χ0) is 13.3. The Kier molecular flexibility index (Phi) is 5.59. The average molecular weight is 275 g/mol. The summed E-state index contributed by atoms with van der Waals surface area (Å²) in [4.78, 5) is 18.0. The second kappa shape index (κ2) is 7.71. The van der Waals surface area contributed by atoms with Crippen LogP contribution in [0, 0.1) is 0 Å². The third kappa shape index (κ3) is 5.24. The van der Waals surface area contributed by atoms with Gasteiger partial charge in [-0.2, -0.15) is 0 Å². The Morgan fingerprint density at radius 3 is 2.74 bits per heavy atom. The van der Waals surface area contributed by atoms with Crippen molar-refractivity contribution in [2.45, 2.75) is 25.9 Å². The Hall–Kier alpha value is -1.65. The highest BCUT2D eigenvalue weighted by Gasteiger charge is 2.02. The molecule has 0 aliphatic carbocycles. The second-order valence-corrected chi connectivity index (χ2v) is 5.26. The number of rotatable bonds is 7. The summed E-state index contributed by atoms with van der Waals surface area (Å²) in [5, 5.41) is 2.05. The zero-order valence-corrected chi connectivity index (χ0v) is 11.5. The van der Waals surface area contributed by atoms with Gasteiger partial charge in [0, 0.05) is 11.3 Å². The van der Waals surface area contributed by atoms with E-state index >= 15 is 0 Å². The van der Waals surface area contributed by atoms with Crippen molar-refractivity contribution in [3.8, 4) is 0 Å². The molecule has 0 saturated carbocycles. The summed E-state index contributed by atoms with van der Waals surface area (Å²) in [6.45, 7) is 0.400. The summed E-state index contributed by atoms with van der Waals surface area (Å²) in [5.74, 6) is -0.0625. The highest BCUT2D eigenvalue weighted by Crippen LogP contribution is 2.11. The lowest BCUT2D eigenvalue weighted by molar-refractivity contribution is -0.134. The number of amides is 1. The molecule has 2 rings (SSSR count). The molecule has 0 spiro atoms. The Morgan fingerprint density at radius 2 is 2.00 bits per heavy atom. The highest BCUT2D eigenvalue weighted by atomic mass is 32.1. The SMILES string of the molecule is O=C(CCCc1cccs1)NOCc1ccccc1. The van der Waals surface area contributed by atoms with Crippen LogP contribution in [0.4, 0.5) is 0 Å². The maximum absolute atomic E-state index is 11.5. The summed E-state index contributed by atoms with van der Waals surface area (Å²) in [6.07, 6.45) is 2.29. The monoisotopic (exact) mass is 275 g/mol. The fourth-order valence-corrected chi connectivity index (χ4v) is 2.45. The number of carbonyl (C=O) groups excluding carboxylic acids is 1. The number of hydrogen-bond donors (Lipinski definition) is 1. The minimum absolute atomic E-state index is 0.0625. The van der Waals surface area contributed by atoms with Gasteiger partial charge in [0.1, 0.15) is 0 Å². The van der Waals surface area contributed by atoms with Crippen molar-refractivity contribution in [1.82, 2.24) is 5.48 Å². The van der Waals surface area contributed by atoms with E-state index in [9.17, 15) is 4.79 Å². The van der Waals surface area contributed by atoms with Crippen molar-refractivity contribution < 1.29 is 9.63 Å². The van der Waals surface area contributed by atoms with Gasteiger partial charge in [0.2, 0.25) is 5.91 Å². The first-order valence-electron chi connectivity index (χ1n) is 6.31. The van der Waals surface area contributed by atoms with Crippen molar-refractivity contribution in [2.24, 2.45) is 0 Å². The molecule has 100 valence electrons. The standard InChI is InChI=1S/C15H17NO2S/c17-15(10-4-8-14-9-5-11-19-14)16-18-12-13-6-2-1-3-7-13/h1-3,5-7,9,11H,4,8,10,12H2,(H,16,17). The molecule has 0 bridgehead atoms. The minimum Gasteiger partial charge on any atom is -0.273 e. The van der Waals surface area contributed by atoms with Crippen LogP contribution < -0.4 is 5.48 Å². The van der Waals surface area contributed by atoms with Gasteiger partial charge in [0.05, 0.1) is 6.61 Å². The van der Waals surface area contributed by atoms with Crippen molar-refractivity contribution >= 4 is 17.2 Å². The normalized spacial score (nSPS) is 10.3. The molecule has 1 N–H and O–H groups in total. The lowest BCUT2D eigenvalue weighted by Gasteiger charge is -2.05. The molecule has 4 heteroatoms. The number of hydroxylamine groups is 1. The molecule has 1 heterocycles. The van der Waals surface area contributed by atoms with Gasteiger partial charge in [-0.15, -0.1) is 11.3 Å². The van der Waals surface area contributed by atoms with E-state index < -0.39 is 0 Å². The molecule has 0 aliphatic rings. The van der Waals surface area contributed by atoms with Crippen molar-refractivity contribution in [2.75, 3.05) is 0 Å². The molecule has 3 nitrogen and oxygen atoms in total. The molecule has 1 aromatic heterocycles. The molecule has 2 aromatic rings. The second-order valence-electron chi connectivity index (χ2n) is 4.23. The highest BCUT2D eigenvalue weighted by molar-refractivity contribution is 7.09. The van der Waals surface area contributed by atoms with E-state index in [1.807, 2.05) is 36.4 Å². The first kappa shape index (κ1) is 13.8. The maximum Gasteiger partial charge on any atom is 0.243 e. The van der Waals surface area contributed by atoms with Gasteiger partial charge in [0.25, 0.3) is 0 Å². The van der Waals surface area contributed by atoms with Gasteiger partial charge in [-0.1, -0.05) is 36.4 Å². The number of nitrogens with one attached hydrogen (secondary N) is 1. The van der Waals surface area contributed by atoms with E-state index in [0.717, 1.165) is 18.4 Å². The third-order valence-electron chi connectivity index (χ3n) is 2.67. The topological polar surface area (TPSA) is 38.3 Å². The van der Waals surface area contributed by atoms with E-state index in [1.165, 1.54) is 4.88 Å². The van der Waals surface area contributed by atoms with E-state index in [-0.39, 0.29) is 5.91 Å². The number of carbonyl (C=O) groups is 1. The third-order valence-corrected chi connectivity index (χ3v) is 3.61. The zero-order valence-electron chi connectivity index (χ0n) is 10.7. The van der Waals surface area contributed by atoms with Crippen LogP contribution in [0.3, 0.4) is 0 Å². The van der Waals surface area contributed by atoms with Crippen LogP contribution in [0.15, 0.2) is 47.8 Å². The summed E-state index contributed by atoms with van der Waals surface area (Å²) in [5.41, 5.74) is 3.52. The largest absolute Gasteiger partial charge is 0.273 e. The lowest BCUT2D eigenvalue weighted by atomic mass is 10.2. The van der Waals surface area contributed by atoms with Crippen LogP contribution in [0.1, 0.15) is 23.3 Å². The average Bonchev–Trinajstić information content (AvgIpc) is 2.93. The number of benzene rings is 1. The van der Waals surface area contributed by atoms with E-state index in [4.69, 9.17) is 4.84 Å². The molecular formula is C15H17NO2S. The number of thiophene rings is 1. The molecule has 19 heavy (non-hydrogen) atoms. The molecule has 0 aliphatic heterocycles. The predicted molar refractivity (Wildman–Crippen MR) is 76.6 cm³/mol. The summed E-state index contributed by atoms with van der Waals surface area (Å²) >= 11 is 1.73. The van der Waals surface area contributed by atoms with Gasteiger partial charge >= 0.3 is 0 Å². The van der Waals surface area contributed by atoms with Crippen LogP contribution in [-0.2, 0) is 22.7 Å².